The highest BCUT2D eigenvalue weighted by Gasteiger charge is 2.03. The Morgan fingerprint density at radius 3 is 3.14 bits per heavy atom. The van der Waals surface area contributed by atoms with Gasteiger partial charge in [0.25, 0.3) is 0 Å². The van der Waals surface area contributed by atoms with E-state index in [9.17, 15) is 0 Å². The lowest BCUT2D eigenvalue weighted by Crippen LogP contribution is -2.06. The van der Waals surface area contributed by atoms with Crippen LogP contribution >= 0.6 is 11.3 Å². The molecule has 0 spiro atoms. The summed E-state index contributed by atoms with van der Waals surface area (Å²) in [6.07, 6.45) is 2.90. The van der Waals surface area contributed by atoms with Crippen molar-refractivity contribution in [1.29, 1.82) is 0 Å². The van der Waals surface area contributed by atoms with E-state index >= 15 is 0 Å². The zero-order valence-corrected chi connectivity index (χ0v) is 8.57. The van der Waals surface area contributed by atoms with Crippen LogP contribution in [0, 0.1) is 0 Å². The van der Waals surface area contributed by atoms with Crippen LogP contribution in [0.25, 0.3) is 10.6 Å². The molecule has 0 amide bonds. The maximum Gasteiger partial charge on any atom is 0.122 e. The maximum atomic E-state index is 5.42. The van der Waals surface area contributed by atoms with Crippen molar-refractivity contribution in [1.82, 2.24) is 15.0 Å². The minimum Gasteiger partial charge on any atom is -0.330 e. The first-order valence-electron chi connectivity index (χ1n) is 4.54. The molecular formula is C9H12N4S. The summed E-state index contributed by atoms with van der Waals surface area (Å²) in [7, 11) is 0. The number of hydrogen-bond donors (Lipinski definition) is 1. The molecule has 0 atom stereocenters. The van der Waals surface area contributed by atoms with Gasteiger partial charge in [-0.25, -0.2) is 0 Å². The average Bonchev–Trinajstić information content (AvgIpc) is 2.85. The van der Waals surface area contributed by atoms with Gasteiger partial charge in [0.15, 0.2) is 0 Å². The molecule has 2 heterocycles. The predicted octanol–water partition coefficient (Wildman–Crippen LogP) is 1.36. The van der Waals surface area contributed by atoms with E-state index in [4.69, 9.17) is 5.73 Å². The predicted molar refractivity (Wildman–Crippen MR) is 57.0 cm³/mol. The minimum atomic E-state index is 0.689. The van der Waals surface area contributed by atoms with Crippen LogP contribution in [0.2, 0.25) is 0 Å². The summed E-state index contributed by atoms with van der Waals surface area (Å²) < 4.78 is 1.84. The van der Waals surface area contributed by atoms with Gasteiger partial charge in [-0.2, -0.15) is 0 Å². The number of aromatic nitrogens is 3. The molecule has 0 saturated carbocycles. The van der Waals surface area contributed by atoms with Crippen LogP contribution in [0.5, 0.6) is 0 Å². The van der Waals surface area contributed by atoms with Crippen molar-refractivity contribution in [2.75, 3.05) is 6.54 Å². The largest absolute Gasteiger partial charge is 0.330 e. The fraction of sp³-hybridized carbons (Fsp3) is 0.333. The Labute approximate surface area is 86.4 Å². The molecule has 2 N–H and O–H groups in total. The Morgan fingerprint density at radius 1 is 1.50 bits per heavy atom. The lowest BCUT2D eigenvalue weighted by molar-refractivity contribution is 0.564. The summed E-state index contributed by atoms with van der Waals surface area (Å²) in [6.45, 7) is 1.53. The second-order valence-electron chi connectivity index (χ2n) is 2.99. The van der Waals surface area contributed by atoms with Gasteiger partial charge in [0, 0.05) is 6.54 Å². The zero-order valence-electron chi connectivity index (χ0n) is 7.76. The van der Waals surface area contributed by atoms with E-state index in [1.165, 1.54) is 0 Å². The second-order valence-corrected chi connectivity index (χ2v) is 3.93. The highest BCUT2D eigenvalue weighted by Crippen LogP contribution is 2.21. The molecule has 0 bridgehead atoms. The third-order valence-electron chi connectivity index (χ3n) is 1.90. The second kappa shape index (κ2) is 4.34. The van der Waals surface area contributed by atoms with Crippen molar-refractivity contribution in [3.63, 3.8) is 0 Å². The number of thiophene rings is 1. The van der Waals surface area contributed by atoms with Crippen LogP contribution in [0.1, 0.15) is 6.42 Å². The summed E-state index contributed by atoms with van der Waals surface area (Å²) in [4.78, 5) is 1.16. The molecule has 0 fully saturated rings. The van der Waals surface area contributed by atoms with Gasteiger partial charge in [0.2, 0.25) is 0 Å². The standard InChI is InChI=1S/C9H12N4S/c10-4-2-5-13-7-8(11-12-13)9-3-1-6-14-9/h1,3,6-7H,2,4-5,10H2. The third kappa shape index (κ3) is 2.00. The molecule has 0 unspecified atom stereocenters. The average molecular weight is 208 g/mol. The Bertz CT molecular complexity index is 379. The number of aryl methyl sites for hydroxylation is 1. The Hall–Kier alpha value is -1.20. The molecule has 0 aliphatic rings. The van der Waals surface area contributed by atoms with Crippen molar-refractivity contribution in [3.05, 3.63) is 23.7 Å². The van der Waals surface area contributed by atoms with E-state index in [-0.39, 0.29) is 0 Å². The lowest BCUT2D eigenvalue weighted by atomic mass is 10.4. The molecule has 0 aliphatic heterocycles. The Balaban J connectivity index is 2.10. The first-order valence-corrected chi connectivity index (χ1v) is 5.42. The van der Waals surface area contributed by atoms with Gasteiger partial charge in [-0.3, -0.25) is 4.68 Å². The Kier molecular flexibility index (Phi) is 2.90. The summed E-state index contributed by atoms with van der Waals surface area (Å²) in [5, 5.41) is 10.2. The van der Waals surface area contributed by atoms with Crippen LogP contribution in [0.15, 0.2) is 23.7 Å². The third-order valence-corrected chi connectivity index (χ3v) is 2.80. The van der Waals surface area contributed by atoms with Gasteiger partial charge < -0.3 is 5.73 Å². The van der Waals surface area contributed by atoms with Crippen molar-refractivity contribution < 1.29 is 0 Å². The van der Waals surface area contributed by atoms with Gasteiger partial charge in [0.05, 0.1) is 11.1 Å². The van der Waals surface area contributed by atoms with E-state index in [1.807, 2.05) is 28.4 Å². The van der Waals surface area contributed by atoms with Crippen LogP contribution in [-0.4, -0.2) is 21.5 Å². The molecule has 2 aromatic rings. The zero-order chi connectivity index (χ0) is 9.80. The smallest absolute Gasteiger partial charge is 0.122 e. The van der Waals surface area contributed by atoms with Crippen molar-refractivity contribution >= 4 is 11.3 Å². The Morgan fingerprint density at radius 2 is 2.43 bits per heavy atom. The molecule has 4 nitrogen and oxygen atoms in total. The highest BCUT2D eigenvalue weighted by molar-refractivity contribution is 7.13. The summed E-state index contributed by atoms with van der Waals surface area (Å²) in [5.74, 6) is 0. The SMILES string of the molecule is NCCCn1cc(-c2cccs2)nn1. The number of rotatable bonds is 4. The topological polar surface area (TPSA) is 56.7 Å². The molecule has 2 rings (SSSR count). The van der Waals surface area contributed by atoms with Gasteiger partial charge in [-0.15, -0.1) is 16.4 Å². The molecule has 0 aliphatic carbocycles. The molecule has 5 heteroatoms. The normalized spacial score (nSPS) is 10.6. The van der Waals surface area contributed by atoms with E-state index in [1.54, 1.807) is 11.3 Å². The van der Waals surface area contributed by atoms with Gasteiger partial charge >= 0.3 is 0 Å². The van der Waals surface area contributed by atoms with Crippen LogP contribution in [0.3, 0.4) is 0 Å². The minimum absolute atomic E-state index is 0.689. The first-order chi connectivity index (χ1) is 6.90. The van der Waals surface area contributed by atoms with Gasteiger partial charge in [0.1, 0.15) is 5.69 Å². The van der Waals surface area contributed by atoms with Gasteiger partial charge in [-0.1, -0.05) is 11.3 Å². The number of nitrogens with two attached hydrogens (primary N) is 1. The van der Waals surface area contributed by atoms with Crippen LogP contribution in [-0.2, 0) is 6.54 Å². The quantitative estimate of drug-likeness (QED) is 0.825. The van der Waals surface area contributed by atoms with E-state index in [2.05, 4.69) is 10.3 Å². The monoisotopic (exact) mass is 208 g/mol. The lowest BCUT2D eigenvalue weighted by Gasteiger charge is -1.95. The molecule has 74 valence electrons. The van der Waals surface area contributed by atoms with Crippen molar-refractivity contribution in [3.8, 4) is 10.6 Å². The van der Waals surface area contributed by atoms with Gasteiger partial charge in [-0.05, 0) is 24.4 Å². The molecule has 0 saturated heterocycles. The summed E-state index contributed by atoms with van der Waals surface area (Å²) >= 11 is 1.67. The fourth-order valence-electron chi connectivity index (χ4n) is 1.20. The van der Waals surface area contributed by atoms with Crippen LogP contribution < -0.4 is 5.73 Å². The van der Waals surface area contributed by atoms with Crippen LogP contribution in [0.4, 0.5) is 0 Å². The molecule has 2 aromatic heterocycles. The number of nitrogens with zero attached hydrogens (tertiary/aromatic N) is 3. The van der Waals surface area contributed by atoms with E-state index in [0.717, 1.165) is 23.5 Å². The maximum absolute atomic E-state index is 5.42. The first kappa shape index (κ1) is 9.36. The fourth-order valence-corrected chi connectivity index (χ4v) is 1.87. The van der Waals surface area contributed by atoms with Crippen molar-refractivity contribution in [2.45, 2.75) is 13.0 Å². The molecule has 14 heavy (non-hydrogen) atoms. The summed E-state index contributed by atoms with van der Waals surface area (Å²) in [5.41, 5.74) is 6.36. The summed E-state index contributed by atoms with van der Waals surface area (Å²) in [6, 6.07) is 4.06. The molecule has 0 radical (unpaired) electrons. The molecular weight excluding hydrogens is 196 g/mol. The molecule has 0 aromatic carbocycles. The highest BCUT2D eigenvalue weighted by atomic mass is 32.1. The van der Waals surface area contributed by atoms with E-state index < -0.39 is 0 Å². The number of hydrogen-bond acceptors (Lipinski definition) is 4. The van der Waals surface area contributed by atoms with Crippen molar-refractivity contribution in [2.24, 2.45) is 5.73 Å². The van der Waals surface area contributed by atoms with E-state index in [0.29, 0.717) is 6.54 Å².